The van der Waals surface area contributed by atoms with Crippen molar-refractivity contribution in [2.45, 2.75) is 39.0 Å². The van der Waals surface area contributed by atoms with Crippen LogP contribution in [0.15, 0.2) is 0 Å². The molecule has 0 spiro atoms. The molecular formula is C8H16FNO2. The van der Waals surface area contributed by atoms with Gasteiger partial charge in [0.15, 0.2) is 0 Å². The zero-order valence-corrected chi connectivity index (χ0v) is 7.72. The second kappa shape index (κ2) is 4.40. The molecule has 2 N–H and O–H groups in total. The van der Waals surface area contributed by atoms with E-state index < -0.39 is 11.8 Å². The molecule has 0 saturated heterocycles. The van der Waals surface area contributed by atoms with Gasteiger partial charge >= 0.3 is 0 Å². The van der Waals surface area contributed by atoms with Crippen LogP contribution in [0, 0.1) is 0 Å². The first-order valence-corrected chi connectivity index (χ1v) is 4.01. The van der Waals surface area contributed by atoms with Gasteiger partial charge in [0.25, 0.3) is 0 Å². The third-order valence-corrected chi connectivity index (χ3v) is 1.57. The van der Waals surface area contributed by atoms with E-state index in [-0.39, 0.29) is 12.5 Å². The minimum atomic E-state index is -1.42. The standard InChI is InChI=1S/C8H16FNO2/c1-4-7(11)10-5-6(9)8(2,3)12/h6,12H,4-5H2,1-3H3,(H,10,11)/t6-/m0/s1. The number of carbonyl (C=O) groups is 1. The maximum absolute atomic E-state index is 12.9. The number of carbonyl (C=O) groups excluding carboxylic acids is 1. The molecular weight excluding hydrogens is 161 g/mol. The van der Waals surface area contributed by atoms with Crippen molar-refractivity contribution in [2.75, 3.05) is 6.54 Å². The summed E-state index contributed by atoms with van der Waals surface area (Å²) in [5.74, 6) is -0.207. The van der Waals surface area contributed by atoms with Gasteiger partial charge in [-0.2, -0.15) is 0 Å². The first kappa shape index (κ1) is 11.4. The number of aliphatic hydroxyl groups is 1. The van der Waals surface area contributed by atoms with E-state index in [0.717, 1.165) is 0 Å². The van der Waals surface area contributed by atoms with Crippen LogP contribution in [0.4, 0.5) is 4.39 Å². The van der Waals surface area contributed by atoms with Gasteiger partial charge in [-0.1, -0.05) is 6.92 Å². The quantitative estimate of drug-likeness (QED) is 0.661. The maximum Gasteiger partial charge on any atom is 0.219 e. The van der Waals surface area contributed by atoms with Gasteiger partial charge in [-0.3, -0.25) is 4.79 Å². The van der Waals surface area contributed by atoms with E-state index in [1.165, 1.54) is 13.8 Å². The Labute approximate surface area is 72.0 Å². The molecule has 0 aromatic rings. The molecule has 0 rings (SSSR count). The zero-order valence-electron chi connectivity index (χ0n) is 7.72. The molecule has 0 aliphatic heterocycles. The summed E-state index contributed by atoms with van der Waals surface area (Å²) < 4.78 is 12.9. The minimum Gasteiger partial charge on any atom is -0.387 e. The Kier molecular flexibility index (Phi) is 4.17. The molecule has 0 heterocycles. The van der Waals surface area contributed by atoms with Crippen molar-refractivity contribution in [1.29, 1.82) is 0 Å². The Morgan fingerprint density at radius 1 is 1.67 bits per heavy atom. The number of amides is 1. The van der Waals surface area contributed by atoms with Crippen molar-refractivity contribution in [3.05, 3.63) is 0 Å². The van der Waals surface area contributed by atoms with E-state index in [9.17, 15) is 9.18 Å². The summed E-state index contributed by atoms with van der Waals surface area (Å²) in [6, 6.07) is 0. The average molecular weight is 177 g/mol. The van der Waals surface area contributed by atoms with Crippen molar-refractivity contribution in [3.63, 3.8) is 0 Å². The molecule has 0 radical (unpaired) electrons. The normalized spacial score (nSPS) is 14.1. The number of halogens is 1. The molecule has 0 bridgehead atoms. The van der Waals surface area contributed by atoms with Crippen LogP contribution in [-0.4, -0.2) is 29.3 Å². The summed E-state index contributed by atoms with van der Waals surface area (Å²) in [6.45, 7) is 4.30. The summed E-state index contributed by atoms with van der Waals surface area (Å²) in [6.07, 6.45) is -1.09. The van der Waals surface area contributed by atoms with E-state index in [1.54, 1.807) is 6.92 Å². The second-order valence-corrected chi connectivity index (χ2v) is 3.28. The molecule has 0 saturated carbocycles. The molecule has 4 heteroatoms. The molecule has 0 aliphatic rings. The highest BCUT2D eigenvalue weighted by Crippen LogP contribution is 2.10. The topological polar surface area (TPSA) is 49.3 Å². The second-order valence-electron chi connectivity index (χ2n) is 3.28. The van der Waals surface area contributed by atoms with Crippen molar-refractivity contribution in [2.24, 2.45) is 0 Å². The lowest BCUT2D eigenvalue weighted by Gasteiger charge is -2.22. The maximum atomic E-state index is 12.9. The smallest absolute Gasteiger partial charge is 0.219 e. The van der Waals surface area contributed by atoms with Crippen molar-refractivity contribution < 1.29 is 14.3 Å². The number of nitrogens with one attached hydrogen (secondary N) is 1. The lowest BCUT2D eigenvalue weighted by molar-refractivity contribution is -0.121. The molecule has 12 heavy (non-hydrogen) atoms. The highest BCUT2D eigenvalue weighted by atomic mass is 19.1. The van der Waals surface area contributed by atoms with Crippen LogP contribution >= 0.6 is 0 Å². The van der Waals surface area contributed by atoms with Gasteiger partial charge in [0.2, 0.25) is 5.91 Å². The fourth-order valence-corrected chi connectivity index (χ4v) is 0.578. The van der Waals surface area contributed by atoms with Gasteiger partial charge in [-0.15, -0.1) is 0 Å². The number of hydrogen-bond acceptors (Lipinski definition) is 2. The van der Waals surface area contributed by atoms with E-state index in [1.807, 2.05) is 0 Å². The predicted molar refractivity (Wildman–Crippen MR) is 44.5 cm³/mol. The molecule has 0 fully saturated rings. The van der Waals surface area contributed by atoms with Crippen LogP contribution in [0.5, 0.6) is 0 Å². The lowest BCUT2D eigenvalue weighted by Crippen LogP contribution is -2.41. The third-order valence-electron chi connectivity index (χ3n) is 1.57. The number of rotatable bonds is 4. The fourth-order valence-electron chi connectivity index (χ4n) is 0.578. The van der Waals surface area contributed by atoms with Crippen LogP contribution in [0.25, 0.3) is 0 Å². The summed E-state index contributed by atoms with van der Waals surface area (Å²) in [5.41, 5.74) is -1.39. The predicted octanol–water partition coefficient (Wildman–Crippen LogP) is 0.622. The molecule has 0 unspecified atom stereocenters. The molecule has 0 aromatic carbocycles. The SMILES string of the molecule is CCC(=O)NC[C@H](F)C(C)(C)O. The fraction of sp³-hybridized carbons (Fsp3) is 0.875. The van der Waals surface area contributed by atoms with Gasteiger partial charge in [-0.05, 0) is 13.8 Å². The molecule has 0 aliphatic carbocycles. The van der Waals surface area contributed by atoms with Crippen LogP contribution in [-0.2, 0) is 4.79 Å². The van der Waals surface area contributed by atoms with Gasteiger partial charge in [0, 0.05) is 6.42 Å². The number of hydrogen-bond donors (Lipinski definition) is 2. The summed E-state index contributed by atoms with van der Waals surface area (Å²) in [4.78, 5) is 10.7. The Balaban J connectivity index is 3.72. The molecule has 72 valence electrons. The Bertz CT molecular complexity index is 154. The number of alkyl halides is 1. The molecule has 1 atom stereocenters. The summed E-state index contributed by atoms with van der Waals surface area (Å²) in [7, 11) is 0. The molecule has 3 nitrogen and oxygen atoms in total. The van der Waals surface area contributed by atoms with Crippen LogP contribution < -0.4 is 5.32 Å². The van der Waals surface area contributed by atoms with Gasteiger partial charge in [0.1, 0.15) is 6.17 Å². The highest BCUT2D eigenvalue weighted by Gasteiger charge is 2.26. The Morgan fingerprint density at radius 2 is 2.17 bits per heavy atom. The minimum absolute atomic E-state index is 0.129. The first-order chi connectivity index (χ1) is 5.38. The van der Waals surface area contributed by atoms with E-state index in [2.05, 4.69) is 5.32 Å². The van der Waals surface area contributed by atoms with Gasteiger partial charge in [-0.25, -0.2) is 4.39 Å². The van der Waals surface area contributed by atoms with E-state index in [4.69, 9.17) is 5.11 Å². The lowest BCUT2D eigenvalue weighted by atomic mass is 10.0. The van der Waals surface area contributed by atoms with Crippen LogP contribution in [0.2, 0.25) is 0 Å². The Morgan fingerprint density at radius 3 is 2.50 bits per heavy atom. The van der Waals surface area contributed by atoms with Gasteiger partial charge < -0.3 is 10.4 Å². The largest absolute Gasteiger partial charge is 0.387 e. The van der Waals surface area contributed by atoms with E-state index in [0.29, 0.717) is 6.42 Å². The van der Waals surface area contributed by atoms with Crippen molar-refractivity contribution >= 4 is 5.91 Å². The zero-order chi connectivity index (χ0) is 9.78. The highest BCUT2D eigenvalue weighted by molar-refractivity contribution is 5.75. The summed E-state index contributed by atoms with van der Waals surface area (Å²) in [5, 5.41) is 11.5. The monoisotopic (exact) mass is 177 g/mol. The van der Waals surface area contributed by atoms with Crippen molar-refractivity contribution in [1.82, 2.24) is 5.32 Å². The van der Waals surface area contributed by atoms with Crippen molar-refractivity contribution in [3.8, 4) is 0 Å². The summed E-state index contributed by atoms with van der Waals surface area (Å²) >= 11 is 0. The van der Waals surface area contributed by atoms with Crippen LogP contribution in [0.1, 0.15) is 27.2 Å². The Hall–Kier alpha value is -0.640. The third kappa shape index (κ3) is 4.28. The molecule has 1 amide bonds. The van der Waals surface area contributed by atoms with Crippen LogP contribution in [0.3, 0.4) is 0 Å². The average Bonchev–Trinajstić information content (AvgIpc) is 1.97. The molecule has 0 aromatic heterocycles. The van der Waals surface area contributed by atoms with E-state index >= 15 is 0 Å². The first-order valence-electron chi connectivity index (χ1n) is 4.01. The van der Waals surface area contributed by atoms with Gasteiger partial charge in [0.05, 0.1) is 12.1 Å².